The lowest BCUT2D eigenvalue weighted by Gasteiger charge is -2.43. The standard InChI is InChI=1S/C15H24N2O6/c1-9(2)8-10-12(18)16-15(3,14(20)21)13(19)17(10)23-11-6-4-5-7-22-11/h9-11H,4-8H2,1-3H3,(H,16,18)(H,20,21). The second kappa shape index (κ2) is 6.84. The molecule has 2 aliphatic heterocycles. The summed E-state index contributed by atoms with van der Waals surface area (Å²) >= 11 is 0. The van der Waals surface area contributed by atoms with Crippen LogP contribution in [-0.2, 0) is 24.0 Å². The van der Waals surface area contributed by atoms with Gasteiger partial charge in [-0.25, -0.2) is 14.7 Å². The summed E-state index contributed by atoms with van der Waals surface area (Å²) in [5.74, 6) is -2.61. The Labute approximate surface area is 135 Å². The van der Waals surface area contributed by atoms with E-state index in [1.807, 2.05) is 13.8 Å². The second-order valence-corrected chi connectivity index (χ2v) is 6.60. The Morgan fingerprint density at radius 3 is 2.70 bits per heavy atom. The molecule has 0 saturated carbocycles. The lowest BCUT2D eigenvalue weighted by atomic mass is 9.93. The van der Waals surface area contributed by atoms with Gasteiger partial charge in [0.1, 0.15) is 6.04 Å². The van der Waals surface area contributed by atoms with E-state index in [1.54, 1.807) is 0 Å². The number of aliphatic carboxylic acids is 1. The summed E-state index contributed by atoms with van der Waals surface area (Å²) in [7, 11) is 0. The predicted molar refractivity (Wildman–Crippen MR) is 78.9 cm³/mol. The molecular weight excluding hydrogens is 304 g/mol. The van der Waals surface area contributed by atoms with Crippen molar-refractivity contribution in [3.63, 3.8) is 0 Å². The molecule has 2 heterocycles. The number of amides is 2. The SMILES string of the molecule is CC(C)CC1C(=O)NC(C)(C(=O)O)C(=O)N1OC1CCCCO1. The van der Waals surface area contributed by atoms with Crippen molar-refractivity contribution in [3.05, 3.63) is 0 Å². The number of hydrogen-bond acceptors (Lipinski definition) is 5. The van der Waals surface area contributed by atoms with E-state index in [4.69, 9.17) is 9.57 Å². The number of ether oxygens (including phenoxy) is 1. The molecule has 3 unspecified atom stereocenters. The number of nitrogens with zero attached hydrogens (tertiary/aromatic N) is 1. The molecule has 2 fully saturated rings. The average molecular weight is 328 g/mol. The molecule has 0 aliphatic carbocycles. The molecule has 0 bridgehead atoms. The average Bonchev–Trinajstić information content (AvgIpc) is 2.49. The molecule has 130 valence electrons. The van der Waals surface area contributed by atoms with Crippen molar-refractivity contribution in [2.75, 3.05) is 6.61 Å². The third kappa shape index (κ3) is 3.64. The summed E-state index contributed by atoms with van der Waals surface area (Å²) < 4.78 is 5.45. The molecule has 8 heteroatoms. The molecule has 2 N–H and O–H groups in total. The monoisotopic (exact) mass is 328 g/mol. The number of hydroxylamine groups is 2. The van der Waals surface area contributed by atoms with Crippen LogP contribution < -0.4 is 5.32 Å². The number of nitrogens with one attached hydrogen (secondary N) is 1. The number of piperazine rings is 1. The molecule has 0 aromatic rings. The van der Waals surface area contributed by atoms with Gasteiger partial charge in [0.2, 0.25) is 11.4 Å². The zero-order valence-corrected chi connectivity index (χ0v) is 13.7. The quantitative estimate of drug-likeness (QED) is 0.718. The van der Waals surface area contributed by atoms with Crippen molar-refractivity contribution in [2.24, 2.45) is 5.92 Å². The Hall–Kier alpha value is -1.67. The summed E-state index contributed by atoms with van der Waals surface area (Å²) in [5, 5.41) is 12.6. The highest BCUT2D eigenvalue weighted by Crippen LogP contribution is 2.26. The van der Waals surface area contributed by atoms with Crippen LogP contribution in [0.15, 0.2) is 0 Å². The minimum absolute atomic E-state index is 0.131. The third-order valence-electron chi connectivity index (χ3n) is 4.08. The Morgan fingerprint density at radius 2 is 2.17 bits per heavy atom. The summed E-state index contributed by atoms with van der Waals surface area (Å²) in [6.07, 6.45) is 2.15. The fourth-order valence-electron chi connectivity index (χ4n) is 2.69. The number of carbonyl (C=O) groups is 3. The van der Waals surface area contributed by atoms with Crippen molar-refractivity contribution in [1.82, 2.24) is 10.4 Å². The van der Waals surface area contributed by atoms with Crippen LogP contribution in [0.2, 0.25) is 0 Å². The first-order chi connectivity index (χ1) is 10.8. The van der Waals surface area contributed by atoms with E-state index in [9.17, 15) is 19.5 Å². The predicted octanol–water partition coefficient (Wildman–Crippen LogP) is 0.661. The molecular formula is C15H24N2O6. The van der Waals surface area contributed by atoms with Crippen LogP contribution in [0, 0.1) is 5.92 Å². The Bertz CT molecular complexity index is 488. The summed E-state index contributed by atoms with van der Waals surface area (Å²) in [5.41, 5.74) is -2.03. The fraction of sp³-hybridized carbons (Fsp3) is 0.800. The molecule has 0 aromatic heterocycles. The minimum atomic E-state index is -2.03. The molecule has 23 heavy (non-hydrogen) atoms. The Balaban J connectivity index is 2.25. The zero-order chi connectivity index (χ0) is 17.2. The molecule has 0 aromatic carbocycles. The molecule has 3 atom stereocenters. The number of carboxylic acid groups (broad SMARTS) is 1. The highest BCUT2D eigenvalue weighted by Gasteiger charge is 2.54. The van der Waals surface area contributed by atoms with Gasteiger partial charge >= 0.3 is 5.97 Å². The van der Waals surface area contributed by atoms with E-state index >= 15 is 0 Å². The first-order valence-electron chi connectivity index (χ1n) is 7.93. The molecule has 2 amide bonds. The highest BCUT2D eigenvalue weighted by molar-refractivity contribution is 6.12. The van der Waals surface area contributed by atoms with Gasteiger partial charge in [0.25, 0.3) is 5.91 Å². The second-order valence-electron chi connectivity index (χ2n) is 6.60. The maximum Gasteiger partial charge on any atom is 0.339 e. The van der Waals surface area contributed by atoms with E-state index in [0.29, 0.717) is 19.4 Å². The molecule has 8 nitrogen and oxygen atoms in total. The van der Waals surface area contributed by atoms with Crippen LogP contribution in [0.1, 0.15) is 46.5 Å². The van der Waals surface area contributed by atoms with Crippen molar-refractivity contribution in [3.8, 4) is 0 Å². The van der Waals surface area contributed by atoms with Crippen LogP contribution in [-0.4, -0.2) is 52.4 Å². The lowest BCUT2D eigenvalue weighted by molar-refractivity contribution is -0.295. The largest absolute Gasteiger partial charge is 0.479 e. The van der Waals surface area contributed by atoms with Crippen molar-refractivity contribution >= 4 is 17.8 Å². The number of hydrogen-bond donors (Lipinski definition) is 2. The first kappa shape index (κ1) is 17.7. The highest BCUT2D eigenvalue weighted by atomic mass is 16.8. The fourth-order valence-corrected chi connectivity index (χ4v) is 2.69. The number of carboxylic acids is 1. The van der Waals surface area contributed by atoms with Crippen LogP contribution in [0.4, 0.5) is 0 Å². The van der Waals surface area contributed by atoms with Crippen LogP contribution in [0.5, 0.6) is 0 Å². The maximum atomic E-state index is 12.6. The van der Waals surface area contributed by atoms with Gasteiger partial charge in [-0.05, 0) is 32.1 Å². The zero-order valence-electron chi connectivity index (χ0n) is 13.7. The van der Waals surface area contributed by atoms with Gasteiger partial charge in [-0.3, -0.25) is 9.59 Å². The minimum Gasteiger partial charge on any atom is -0.479 e. The van der Waals surface area contributed by atoms with E-state index in [0.717, 1.165) is 17.9 Å². The maximum absolute atomic E-state index is 12.6. The van der Waals surface area contributed by atoms with E-state index in [-0.39, 0.29) is 5.92 Å². The van der Waals surface area contributed by atoms with Gasteiger partial charge in [-0.1, -0.05) is 13.8 Å². The van der Waals surface area contributed by atoms with E-state index in [2.05, 4.69) is 5.32 Å². The van der Waals surface area contributed by atoms with Gasteiger partial charge in [0, 0.05) is 13.0 Å². The van der Waals surface area contributed by atoms with Crippen LogP contribution in [0.3, 0.4) is 0 Å². The molecule has 2 saturated heterocycles. The smallest absolute Gasteiger partial charge is 0.339 e. The molecule has 0 radical (unpaired) electrons. The normalized spacial score (nSPS) is 32.1. The van der Waals surface area contributed by atoms with Crippen molar-refractivity contribution in [2.45, 2.75) is 64.3 Å². The van der Waals surface area contributed by atoms with Crippen molar-refractivity contribution < 1.29 is 29.1 Å². The Kier molecular flexibility index (Phi) is 5.26. The molecule has 2 aliphatic rings. The summed E-state index contributed by atoms with van der Waals surface area (Å²) in [4.78, 5) is 42.1. The van der Waals surface area contributed by atoms with Gasteiger partial charge in [-0.2, -0.15) is 0 Å². The lowest BCUT2D eigenvalue weighted by Crippen LogP contribution is -2.72. The Morgan fingerprint density at radius 1 is 1.48 bits per heavy atom. The van der Waals surface area contributed by atoms with Gasteiger partial charge in [-0.15, -0.1) is 0 Å². The van der Waals surface area contributed by atoms with Gasteiger partial charge < -0.3 is 15.2 Å². The molecule has 0 spiro atoms. The van der Waals surface area contributed by atoms with Gasteiger partial charge in [0.15, 0.2) is 6.29 Å². The molecule has 2 rings (SSSR count). The third-order valence-corrected chi connectivity index (χ3v) is 4.08. The van der Waals surface area contributed by atoms with Crippen LogP contribution in [0.25, 0.3) is 0 Å². The van der Waals surface area contributed by atoms with Crippen LogP contribution >= 0.6 is 0 Å². The van der Waals surface area contributed by atoms with Gasteiger partial charge in [0.05, 0.1) is 0 Å². The first-order valence-corrected chi connectivity index (χ1v) is 7.93. The summed E-state index contributed by atoms with van der Waals surface area (Å²) in [6.45, 7) is 5.51. The van der Waals surface area contributed by atoms with E-state index < -0.39 is 35.7 Å². The number of carbonyl (C=O) groups excluding carboxylic acids is 2. The van der Waals surface area contributed by atoms with Crippen molar-refractivity contribution in [1.29, 1.82) is 0 Å². The van der Waals surface area contributed by atoms with E-state index in [1.165, 1.54) is 6.92 Å². The topological polar surface area (TPSA) is 105 Å². The number of rotatable bonds is 5. The summed E-state index contributed by atoms with van der Waals surface area (Å²) in [6, 6.07) is -0.861.